The standard InChI is InChI=1S/C14H21NO5/c1-13(2,3)20-12(18)15-6-4-14(5-7-15)8-10(9-19-14)11(16)17/h8H,4-7,9H2,1-3H3,(H,16,17). The first kappa shape index (κ1) is 14.8. The first-order chi connectivity index (χ1) is 9.21. The number of carbonyl (C=O) groups is 2. The summed E-state index contributed by atoms with van der Waals surface area (Å²) in [5.74, 6) is -0.934. The van der Waals surface area contributed by atoms with Crippen molar-refractivity contribution in [2.45, 2.75) is 44.8 Å². The second kappa shape index (κ2) is 5.09. The van der Waals surface area contributed by atoms with Gasteiger partial charge in [0.1, 0.15) is 5.60 Å². The fraction of sp³-hybridized carbons (Fsp3) is 0.714. The molecule has 2 aliphatic heterocycles. The summed E-state index contributed by atoms with van der Waals surface area (Å²) in [4.78, 5) is 24.5. The maximum atomic E-state index is 11.9. The predicted octanol–water partition coefficient (Wildman–Crippen LogP) is 1.80. The summed E-state index contributed by atoms with van der Waals surface area (Å²) in [7, 11) is 0. The van der Waals surface area contributed by atoms with Crippen molar-refractivity contribution in [2.75, 3.05) is 19.7 Å². The van der Waals surface area contributed by atoms with Crippen molar-refractivity contribution in [2.24, 2.45) is 0 Å². The second-order valence-corrected chi connectivity index (χ2v) is 6.30. The number of aliphatic carboxylic acids is 1. The van der Waals surface area contributed by atoms with E-state index in [0.29, 0.717) is 31.5 Å². The van der Waals surface area contributed by atoms with Gasteiger partial charge in [-0.25, -0.2) is 9.59 Å². The lowest BCUT2D eigenvalue weighted by Gasteiger charge is -2.38. The number of hydrogen-bond acceptors (Lipinski definition) is 4. The van der Waals surface area contributed by atoms with Gasteiger partial charge in [0.05, 0.1) is 17.8 Å². The maximum Gasteiger partial charge on any atom is 0.410 e. The van der Waals surface area contributed by atoms with Crippen LogP contribution in [0.3, 0.4) is 0 Å². The number of carboxylic acid groups (broad SMARTS) is 1. The number of rotatable bonds is 1. The van der Waals surface area contributed by atoms with Crippen molar-refractivity contribution in [3.63, 3.8) is 0 Å². The van der Waals surface area contributed by atoms with Crippen molar-refractivity contribution in [1.29, 1.82) is 0 Å². The van der Waals surface area contributed by atoms with Crippen molar-refractivity contribution < 1.29 is 24.2 Å². The van der Waals surface area contributed by atoms with E-state index in [9.17, 15) is 9.59 Å². The van der Waals surface area contributed by atoms with Gasteiger partial charge in [0.25, 0.3) is 0 Å². The molecule has 0 radical (unpaired) electrons. The van der Waals surface area contributed by atoms with Gasteiger partial charge in [0.15, 0.2) is 0 Å². The Morgan fingerprint density at radius 1 is 1.35 bits per heavy atom. The van der Waals surface area contributed by atoms with E-state index < -0.39 is 17.2 Å². The van der Waals surface area contributed by atoms with Crippen LogP contribution in [0.5, 0.6) is 0 Å². The van der Waals surface area contributed by atoms with Gasteiger partial charge in [-0.15, -0.1) is 0 Å². The number of carboxylic acids is 1. The van der Waals surface area contributed by atoms with Crippen LogP contribution in [0.15, 0.2) is 11.6 Å². The summed E-state index contributed by atoms with van der Waals surface area (Å²) in [5, 5.41) is 8.96. The summed E-state index contributed by atoms with van der Waals surface area (Å²) in [6.45, 7) is 6.66. The SMILES string of the molecule is CC(C)(C)OC(=O)N1CCC2(C=C(C(=O)O)CO2)CC1. The van der Waals surface area contributed by atoms with Gasteiger partial charge in [-0.2, -0.15) is 0 Å². The number of nitrogens with zero attached hydrogens (tertiary/aromatic N) is 1. The Morgan fingerprint density at radius 3 is 2.40 bits per heavy atom. The Balaban J connectivity index is 1.93. The Kier molecular flexibility index (Phi) is 3.77. The van der Waals surface area contributed by atoms with Crippen LogP contribution in [-0.2, 0) is 14.3 Å². The molecule has 1 spiro atoms. The average molecular weight is 283 g/mol. The minimum absolute atomic E-state index is 0.141. The average Bonchev–Trinajstić information content (AvgIpc) is 2.72. The normalized spacial score (nSPS) is 21.8. The van der Waals surface area contributed by atoms with Crippen LogP contribution in [-0.4, -0.2) is 53.0 Å². The monoisotopic (exact) mass is 283 g/mol. The molecule has 20 heavy (non-hydrogen) atoms. The van der Waals surface area contributed by atoms with E-state index >= 15 is 0 Å². The lowest BCUT2D eigenvalue weighted by molar-refractivity contribution is -0.133. The third-order valence-electron chi connectivity index (χ3n) is 3.49. The van der Waals surface area contributed by atoms with Crippen LogP contribution >= 0.6 is 0 Å². The largest absolute Gasteiger partial charge is 0.478 e. The fourth-order valence-electron chi connectivity index (χ4n) is 2.43. The molecule has 0 bridgehead atoms. The number of carbonyl (C=O) groups excluding carboxylic acids is 1. The third-order valence-corrected chi connectivity index (χ3v) is 3.49. The molecular formula is C14H21NO5. The highest BCUT2D eigenvalue weighted by Crippen LogP contribution is 2.34. The Hall–Kier alpha value is -1.56. The smallest absolute Gasteiger partial charge is 0.410 e. The molecule has 6 heteroatoms. The molecule has 1 saturated heterocycles. The topological polar surface area (TPSA) is 76.1 Å². The fourth-order valence-corrected chi connectivity index (χ4v) is 2.43. The molecule has 1 N–H and O–H groups in total. The van der Waals surface area contributed by atoms with E-state index in [0.717, 1.165) is 0 Å². The first-order valence-corrected chi connectivity index (χ1v) is 6.78. The quantitative estimate of drug-likeness (QED) is 0.794. The molecule has 0 aromatic heterocycles. The number of piperidine rings is 1. The predicted molar refractivity (Wildman–Crippen MR) is 71.4 cm³/mol. The van der Waals surface area contributed by atoms with E-state index in [-0.39, 0.29) is 12.7 Å². The zero-order chi connectivity index (χ0) is 15.0. The number of ether oxygens (including phenoxy) is 2. The lowest BCUT2D eigenvalue weighted by Crippen LogP contribution is -2.47. The highest BCUT2D eigenvalue weighted by Gasteiger charge is 2.40. The van der Waals surface area contributed by atoms with Crippen LogP contribution < -0.4 is 0 Å². The zero-order valence-electron chi connectivity index (χ0n) is 12.1. The van der Waals surface area contributed by atoms with Crippen LogP contribution in [0.4, 0.5) is 4.79 Å². The number of likely N-dealkylation sites (tertiary alicyclic amines) is 1. The van der Waals surface area contributed by atoms with E-state index in [1.807, 2.05) is 20.8 Å². The van der Waals surface area contributed by atoms with Crippen LogP contribution in [0.2, 0.25) is 0 Å². The van der Waals surface area contributed by atoms with E-state index in [1.54, 1.807) is 11.0 Å². The van der Waals surface area contributed by atoms with Crippen molar-refractivity contribution in [3.05, 3.63) is 11.6 Å². The van der Waals surface area contributed by atoms with E-state index in [2.05, 4.69) is 0 Å². The summed E-state index contributed by atoms with van der Waals surface area (Å²) >= 11 is 0. The molecule has 112 valence electrons. The van der Waals surface area contributed by atoms with Crippen molar-refractivity contribution in [3.8, 4) is 0 Å². The number of amides is 1. The van der Waals surface area contributed by atoms with Crippen molar-refractivity contribution in [1.82, 2.24) is 4.90 Å². The summed E-state index contributed by atoms with van der Waals surface area (Å²) in [5.41, 5.74) is -0.727. The van der Waals surface area contributed by atoms with E-state index in [1.165, 1.54) is 0 Å². The molecule has 0 saturated carbocycles. The molecule has 2 heterocycles. The minimum atomic E-state index is -0.934. The molecule has 0 aromatic carbocycles. The van der Waals surface area contributed by atoms with Gasteiger partial charge in [-0.1, -0.05) is 0 Å². The van der Waals surface area contributed by atoms with Crippen LogP contribution in [0.1, 0.15) is 33.6 Å². The molecule has 0 unspecified atom stereocenters. The Labute approximate surface area is 118 Å². The molecular weight excluding hydrogens is 262 g/mol. The van der Waals surface area contributed by atoms with Gasteiger partial charge in [-0.05, 0) is 39.7 Å². The number of hydrogen-bond donors (Lipinski definition) is 1. The van der Waals surface area contributed by atoms with Gasteiger partial charge in [-0.3, -0.25) is 0 Å². The second-order valence-electron chi connectivity index (χ2n) is 6.30. The molecule has 0 atom stereocenters. The zero-order valence-corrected chi connectivity index (χ0v) is 12.1. The Morgan fingerprint density at radius 2 is 1.95 bits per heavy atom. The van der Waals surface area contributed by atoms with Gasteiger partial charge < -0.3 is 19.5 Å². The lowest BCUT2D eigenvalue weighted by atomic mass is 9.91. The van der Waals surface area contributed by atoms with Crippen LogP contribution in [0, 0.1) is 0 Å². The van der Waals surface area contributed by atoms with Crippen molar-refractivity contribution >= 4 is 12.1 Å². The Bertz CT molecular complexity index is 441. The summed E-state index contributed by atoms with van der Waals surface area (Å²) in [6.07, 6.45) is 2.57. The first-order valence-electron chi connectivity index (χ1n) is 6.78. The van der Waals surface area contributed by atoms with Gasteiger partial charge >= 0.3 is 12.1 Å². The maximum absolute atomic E-state index is 11.9. The summed E-state index contributed by atoms with van der Waals surface area (Å²) in [6, 6.07) is 0. The molecule has 6 nitrogen and oxygen atoms in total. The molecule has 2 aliphatic rings. The van der Waals surface area contributed by atoms with Crippen LogP contribution in [0.25, 0.3) is 0 Å². The highest BCUT2D eigenvalue weighted by molar-refractivity contribution is 5.87. The molecule has 0 aromatic rings. The molecule has 1 amide bonds. The molecule has 2 rings (SSSR count). The van der Waals surface area contributed by atoms with Gasteiger partial charge in [0, 0.05) is 13.1 Å². The molecule has 0 aliphatic carbocycles. The van der Waals surface area contributed by atoms with Gasteiger partial charge in [0.2, 0.25) is 0 Å². The summed E-state index contributed by atoms with van der Waals surface area (Å²) < 4.78 is 11.0. The van der Waals surface area contributed by atoms with E-state index in [4.69, 9.17) is 14.6 Å². The molecule has 1 fully saturated rings. The highest BCUT2D eigenvalue weighted by atomic mass is 16.6. The third kappa shape index (κ3) is 3.30. The minimum Gasteiger partial charge on any atom is -0.478 e.